The first-order valence-electron chi connectivity index (χ1n) is 7.24. The summed E-state index contributed by atoms with van der Waals surface area (Å²) >= 11 is 5.85. The number of nitrogens with zero attached hydrogens (tertiary/aromatic N) is 2. The molecule has 0 aliphatic carbocycles. The van der Waals surface area contributed by atoms with Crippen molar-refractivity contribution in [1.29, 1.82) is 0 Å². The first-order valence-corrected chi connectivity index (χ1v) is 9.06. The van der Waals surface area contributed by atoms with Crippen LogP contribution in [-0.4, -0.2) is 31.8 Å². The van der Waals surface area contributed by atoms with E-state index in [0.29, 0.717) is 10.6 Å². The molecule has 2 rings (SSSR count). The molecule has 2 aromatic carbocycles. The molecule has 0 aliphatic heterocycles. The van der Waals surface area contributed by atoms with Crippen LogP contribution in [0.1, 0.15) is 18.5 Å². The monoisotopic (exact) mass is 384 g/mol. The van der Waals surface area contributed by atoms with Crippen LogP contribution in [0.25, 0.3) is 0 Å². The fourth-order valence-corrected chi connectivity index (χ4v) is 3.91. The van der Waals surface area contributed by atoms with Gasteiger partial charge in [-0.25, -0.2) is 8.42 Å². The van der Waals surface area contributed by atoms with E-state index in [1.807, 2.05) is 0 Å². The Kier molecular flexibility index (Phi) is 5.66. The number of rotatable bonds is 6. The van der Waals surface area contributed by atoms with Crippen molar-refractivity contribution >= 4 is 27.3 Å². The highest BCUT2D eigenvalue weighted by molar-refractivity contribution is 7.89. The molecule has 0 aromatic heterocycles. The van der Waals surface area contributed by atoms with Gasteiger partial charge in [0.25, 0.3) is 5.69 Å². The van der Waals surface area contributed by atoms with E-state index in [4.69, 9.17) is 16.3 Å². The molecule has 2 aromatic rings. The second-order valence-electron chi connectivity index (χ2n) is 5.34. The molecule has 0 spiro atoms. The van der Waals surface area contributed by atoms with Gasteiger partial charge in [-0.3, -0.25) is 10.1 Å². The maximum absolute atomic E-state index is 12.9. The number of hydrogen-bond donors (Lipinski definition) is 0. The molecule has 0 amide bonds. The van der Waals surface area contributed by atoms with Gasteiger partial charge in [-0.05, 0) is 36.8 Å². The van der Waals surface area contributed by atoms with E-state index in [9.17, 15) is 18.5 Å². The predicted molar refractivity (Wildman–Crippen MR) is 94.5 cm³/mol. The van der Waals surface area contributed by atoms with E-state index in [1.165, 1.54) is 26.3 Å². The van der Waals surface area contributed by atoms with Crippen LogP contribution in [0, 0.1) is 10.1 Å². The van der Waals surface area contributed by atoms with Crippen LogP contribution >= 0.6 is 11.6 Å². The van der Waals surface area contributed by atoms with Crippen molar-refractivity contribution in [1.82, 2.24) is 4.31 Å². The van der Waals surface area contributed by atoms with E-state index < -0.39 is 26.7 Å². The maximum atomic E-state index is 12.9. The molecule has 0 N–H and O–H groups in total. The fraction of sp³-hybridized carbons (Fsp3) is 0.250. The summed E-state index contributed by atoms with van der Waals surface area (Å²) in [5.41, 5.74) is 0.182. The Morgan fingerprint density at radius 1 is 1.20 bits per heavy atom. The van der Waals surface area contributed by atoms with Crippen LogP contribution in [0.3, 0.4) is 0 Å². The highest BCUT2D eigenvalue weighted by atomic mass is 35.5. The molecule has 9 heteroatoms. The van der Waals surface area contributed by atoms with E-state index in [-0.39, 0.29) is 10.6 Å². The molecule has 0 aliphatic rings. The molecule has 0 fully saturated rings. The van der Waals surface area contributed by atoms with E-state index in [0.717, 1.165) is 10.4 Å². The first kappa shape index (κ1) is 19.2. The second-order valence-corrected chi connectivity index (χ2v) is 7.74. The van der Waals surface area contributed by atoms with Crippen LogP contribution in [0.5, 0.6) is 5.75 Å². The van der Waals surface area contributed by atoms with Gasteiger partial charge in [-0.15, -0.1) is 0 Å². The van der Waals surface area contributed by atoms with Crippen LogP contribution in [-0.2, 0) is 10.0 Å². The van der Waals surface area contributed by atoms with Gasteiger partial charge in [0.1, 0.15) is 5.75 Å². The third-order valence-electron chi connectivity index (χ3n) is 3.92. The standard InChI is InChI=1S/C16H17ClN2O5S/c1-11(12-4-6-13(17)7-5-12)18(2)25(22,23)16-9-8-14(24-3)10-15(16)19(20)21/h4-11H,1-3H3. The lowest BCUT2D eigenvalue weighted by Crippen LogP contribution is -2.30. The molecule has 0 radical (unpaired) electrons. The number of nitro benzene ring substituents is 1. The topological polar surface area (TPSA) is 89.8 Å². The third kappa shape index (κ3) is 3.92. The molecule has 0 saturated carbocycles. The molecule has 1 atom stereocenters. The molecule has 25 heavy (non-hydrogen) atoms. The van der Waals surface area contributed by atoms with Gasteiger partial charge in [-0.2, -0.15) is 4.31 Å². The molecule has 0 saturated heterocycles. The minimum atomic E-state index is -4.09. The Balaban J connectivity index is 2.47. The van der Waals surface area contributed by atoms with Gasteiger partial charge in [0, 0.05) is 18.1 Å². The third-order valence-corrected chi connectivity index (χ3v) is 6.15. The van der Waals surface area contributed by atoms with Crippen molar-refractivity contribution in [2.45, 2.75) is 17.9 Å². The predicted octanol–water partition coefficient (Wildman–Crippen LogP) is 3.64. The number of hydrogen-bond acceptors (Lipinski definition) is 5. The molecule has 1 unspecified atom stereocenters. The van der Waals surface area contributed by atoms with Crippen molar-refractivity contribution in [2.75, 3.05) is 14.2 Å². The number of nitro groups is 1. The quantitative estimate of drug-likeness (QED) is 0.560. The SMILES string of the molecule is COc1ccc(S(=O)(=O)N(C)C(C)c2ccc(Cl)cc2)c([N+](=O)[O-])c1. The second kappa shape index (κ2) is 7.38. The van der Waals surface area contributed by atoms with Crippen molar-refractivity contribution in [2.24, 2.45) is 0 Å². The fourth-order valence-electron chi connectivity index (χ4n) is 2.30. The Hall–Kier alpha value is -2.16. The number of halogens is 1. The van der Waals surface area contributed by atoms with E-state index in [1.54, 1.807) is 31.2 Å². The van der Waals surface area contributed by atoms with Gasteiger partial charge in [-0.1, -0.05) is 23.7 Å². The zero-order chi connectivity index (χ0) is 18.8. The Labute approximate surface area is 151 Å². The van der Waals surface area contributed by atoms with Crippen molar-refractivity contribution < 1.29 is 18.1 Å². The van der Waals surface area contributed by atoms with Crippen LogP contribution < -0.4 is 4.74 Å². The smallest absolute Gasteiger partial charge is 0.293 e. The summed E-state index contributed by atoms with van der Waals surface area (Å²) in [4.78, 5) is 10.2. The lowest BCUT2D eigenvalue weighted by atomic mass is 10.1. The summed E-state index contributed by atoms with van der Waals surface area (Å²) in [5, 5.41) is 11.8. The van der Waals surface area contributed by atoms with Crippen molar-refractivity contribution in [3.63, 3.8) is 0 Å². The number of methoxy groups -OCH3 is 1. The van der Waals surface area contributed by atoms with Crippen molar-refractivity contribution in [3.05, 3.63) is 63.2 Å². The summed E-state index contributed by atoms with van der Waals surface area (Å²) in [7, 11) is -1.37. The highest BCUT2D eigenvalue weighted by Gasteiger charge is 2.33. The van der Waals surface area contributed by atoms with Gasteiger partial charge < -0.3 is 4.74 Å². The summed E-state index contributed by atoms with van der Waals surface area (Å²) in [6.07, 6.45) is 0. The average molecular weight is 385 g/mol. The Morgan fingerprint density at radius 3 is 2.32 bits per heavy atom. The zero-order valence-corrected chi connectivity index (χ0v) is 15.4. The molecule has 0 heterocycles. The van der Waals surface area contributed by atoms with Crippen LogP contribution in [0.2, 0.25) is 5.02 Å². The number of ether oxygens (including phenoxy) is 1. The summed E-state index contributed by atoms with van der Waals surface area (Å²) < 4.78 is 31.8. The maximum Gasteiger partial charge on any atom is 0.293 e. The molecule has 134 valence electrons. The molecular formula is C16H17ClN2O5S. The van der Waals surface area contributed by atoms with Crippen LogP contribution in [0.15, 0.2) is 47.4 Å². The van der Waals surface area contributed by atoms with E-state index >= 15 is 0 Å². The average Bonchev–Trinajstić information content (AvgIpc) is 2.60. The lowest BCUT2D eigenvalue weighted by Gasteiger charge is -2.24. The Morgan fingerprint density at radius 2 is 1.80 bits per heavy atom. The van der Waals surface area contributed by atoms with Gasteiger partial charge >= 0.3 is 0 Å². The normalized spacial score (nSPS) is 12.8. The van der Waals surface area contributed by atoms with Crippen LogP contribution in [0.4, 0.5) is 5.69 Å². The number of benzene rings is 2. The molecule has 7 nitrogen and oxygen atoms in total. The Bertz CT molecular complexity index is 884. The highest BCUT2D eigenvalue weighted by Crippen LogP contribution is 2.33. The van der Waals surface area contributed by atoms with Gasteiger partial charge in [0.15, 0.2) is 4.90 Å². The zero-order valence-electron chi connectivity index (χ0n) is 13.8. The van der Waals surface area contributed by atoms with Crippen molar-refractivity contribution in [3.8, 4) is 5.75 Å². The first-order chi connectivity index (χ1) is 11.7. The molecular weight excluding hydrogens is 368 g/mol. The summed E-state index contributed by atoms with van der Waals surface area (Å²) in [6.45, 7) is 1.69. The minimum Gasteiger partial charge on any atom is -0.497 e. The van der Waals surface area contributed by atoms with E-state index in [2.05, 4.69) is 0 Å². The lowest BCUT2D eigenvalue weighted by molar-refractivity contribution is -0.387. The molecule has 0 bridgehead atoms. The largest absolute Gasteiger partial charge is 0.497 e. The van der Waals surface area contributed by atoms with Gasteiger partial charge in [0.2, 0.25) is 10.0 Å². The summed E-state index contributed by atoms with van der Waals surface area (Å²) in [6, 6.07) is 9.84. The summed E-state index contributed by atoms with van der Waals surface area (Å²) in [5.74, 6) is 0.207. The number of sulfonamides is 1. The minimum absolute atomic E-state index is 0.207. The van der Waals surface area contributed by atoms with Gasteiger partial charge in [0.05, 0.1) is 18.1 Å².